The molecule has 3 nitrogen and oxygen atoms in total. The Morgan fingerprint density at radius 3 is 2.68 bits per heavy atom. The highest BCUT2D eigenvalue weighted by atomic mass is 16.2. The van der Waals surface area contributed by atoms with Gasteiger partial charge in [-0.25, -0.2) is 0 Å². The fourth-order valence-electron chi connectivity index (χ4n) is 4.23. The van der Waals surface area contributed by atoms with E-state index in [0.29, 0.717) is 6.04 Å². The van der Waals surface area contributed by atoms with Crippen LogP contribution in [0.4, 0.5) is 0 Å². The van der Waals surface area contributed by atoms with Gasteiger partial charge in [-0.3, -0.25) is 4.79 Å². The topological polar surface area (TPSA) is 36.1 Å². The molecule has 2 aliphatic rings. The lowest BCUT2D eigenvalue weighted by Gasteiger charge is -2.36. The molecule has 116 valence electrons. The highest BCUT2D eigenvalue weighted by Gasteiger charge is 2.37. The monoisotopic (exact) mass is 296 g/mol. The molecular weight excluding hydrogens is 272 g/mol. The fraction of sp³-hybridized carbons (Fsp3) is 0.526. The molecule has 0 radical (unpaired) electrons. The van der Waals surface area contributed by atoms with Gasteiger partial charge < -0.3 is 9.88 Å². The number of aromatic amines is 1. The number of H-pyrrole nitrogens is 1. The molecule has 1 unspecified atom stereocenters. The minimum atomic E-state index is 0.197. The predicted octanol–water partition coefficient (Wildman–Crippen LogP) is 4.19. The Bertz CT molecular complexity index is 726. The van der Waals surface area contributed by atoms with Crippen LogP contribution in [0.1, 0.15) is 53.7 Å². The molecule has 2 heterocycles. The number of nitrogens with zero attached hydrogens (tertiary/aromatic N) is 1. The molecule has 2 aromatic rings. The van der Waals surface area contributed by atoms with Gasteiger partial charge in [0.05, 0.1) is 0 Å². The van der Waals surface area contributed by atoms with Crippen molar-refractivity contribution < 1.29 is 4.79 Å². The lowest BCUT2D eigenvalue weighted by Crippen LogP contribution is -2.42. The molecular formula is C19H24N2O. The Morgan fingerprint density at radius 2 is 1.95 bits per heavy atom. The van der Waals surface area contributed by atoms with Gasteiger partial charge in [0.1, 0.15) is 5.69 Å². The minimum Gasteiger partial charge on any atom is -0.351 e. The third-order valence-corrected chi connectivity index (χ3v) is 5.57. The molecule has 1 atom stereocenters. The zero-order chi connectivity index (χ0) is 15.3. The van der Waals surface area contributed by atoms with Gasteiger partial charge in [-0.15, -0.1) is 0 Å². The van der Waals surface area contributed by atoms with E-state index in [2.05, 4.69) is 35.9 Å². The maximum absolute atomic E-state index is 13.0. The predicted molar refractivity (Wildman–Crippen MR) is 89.2 cm³/mol. The Morgan fingerprint density at radius 1 is 1.14 bits per heavy atom. The van der Waals surface area contributed by atoms with Gasteiger partial charge in [-0.2, -0.15) is 0 Å². The molecule has 2 fully saturated rings. The van der Waals surface area contributed by atoms with Crippen LogP contribution in [0.2, 0.25) is 0 Å². The molecule has 1 saturated carbocycles. The first-order valence-electron chi connectivity index (χ1n) is 8.54. The normalized spacial score (nSPS) is 22.3. The third kappa shape index (κ3) is 2.15. The van der Waals surface area contributed by atoms with Crippen LogP contribution in [0, 0.1) is 19.8 Å². The van der Waals surface area contributed by atoms with E-state index in [4.69, 9.17) is 0 Å². The highest BCUT2D eigenvalue weighted by Crippen LogP contribution is 2.37. The number of nitrogens with one attached hydrogen (secondary N) is 1. The van der Waals surface area contributed by atoms with E-state index in [1.165, 1.54) is 42.2 Å². The Kier molecular flexibility index (Phi) is 3.24. The second kappa shape index (κ2) is 5.15. The smallest absolute Gasteiger partial charge is 0.270 e. The zero-order valence-corrected chi connectivity index (χ0v) is 13.5. The van der Waals surface area contributed by atoms with Crippen LogP contribution in [0.15, 0.2) is 18.2 Å². The van der Waals surface area contributed by atoms with Gasteiger partial charge in [-0.05, 0) is 68.7 Å². The first-order valence-corrected chi connectivity index (χ1v) is 8.54. The SMILES string of the molecule is Cc1cc(C)c2cc(C(=O)N3CCCC3C3CCC3)[nH]c2c1. The number of amides is 1. The van der Waals surface area contributed by atoms with Crippen molar-refractivity contribution in [3.8, 4) is 0 Å². The molecule has 3 heteroatoms. The van der Waals surface area contributed by atoms with Crippen LogP contribution in [-0.2, 0) is 0 Å². The molecule has 22 heavy (non-hydrogen) atoms. The number of aromatic nitrogens is 1. The van der Waals surface area contributed by atoms with Crippen molar-refractivity contribution in [2.24, 2.45) is 5.92 Å². The lowest BCUT2D eigenvalue weighted by molar-refractivity contribution is 0.0621. The van der Waals surface area contributed by atoms with Crippen molar-refractivity contribution in [3.05, 3.63) is 35.0 Å². The van der Waals surface area contributed by atoms with Crippen LogP contribution in [0.25, 0.3) is 10.9 Å². The average Bonchev–Trinajstić information content (AvgIpc) is 3.02. The summed E-state index contributed by atoms with van der Waals surface area (Å²) in [6.07, 6.45) is 6.30. The first-order chi connectivity index (χ1) is 10.6. The third-order valence-electron chi connectivity index (χ3n) is 5.57. The van der Waals surface area contributed by atoms with Gasteiger partial charge in [0, 0.05) is 23.5 Å². The van der Waals surface area contributed by atoms with Gasteiger partial charge in [0.2, 0.25) is 0 Å². The van der Waals surface area contributed by atoms with Gasteiger partial charge >= 0.3 is 0 Å². The van der Waals surface area contributed by atoms with Crippen LogP contribution in [0.5, 0.6) is 0 Å². The molecule has 0 spiro atoms. The molecule has 1 aliphatic carbocycles. The zero-order valence-electron chi connectivity index (χ0n) is 13.5. The number of carbonyl (C=O) groups is 1. The number of hydrogen-bond acceptors (Lipinski definition) is 1. The van der Waals surface area contributed by atoms with E-state index in [1.807, 2.05) is 6.07 Å². The Hall–Kier alpha value is -1.77. The number of hydrogen-bond donors (Lipinski definition) is 1. The van der Waals surface area contributed by atoms with E-state index in [1.54, 1.807) is 0 Å². The number of carbonyl (C=O) groups excluding carboxylic acids is 1. The standard InChI is InChI=1S/C19H24N2O/c1-12-9-13(2)15-11-17(20-16(15)10-12)19(22)21-8-4-7-18(21)14-5-3-6-14/h9-11,14,18,20H,3-8H2,1-2H3. The quantitative estimate of drug-likeness (QED) is 0.886. The summed E-state index contributed by atoms with van der Waals surface area (Å²) >= 11 is 0. The van der Waals surface area contributed by atoms with Crippen molar-refractivity contribution >= 4 is 16.8 Å². The van der Waals surface area contributed by atoms with Crippen molar-refractivity contribution in [1.29, 1.82) is 0 Å². The van der Waals surface area contributed by atoms with Gasteiger partial charge in [0.25, 0.3) is 5.91 Å². The van der Waals surface area contributed by atoms with Crippen LogP contribution >= 0.6 is 0 Å². The van der Waals surface area contributed by atoms with E-state index in [0.717, 1.165) is 30.1 Å². The number of benzene rings is 1. The van der Waals surface area contributed by atoms with E-state index < -0.39 is 0 Å². The maximum Gasteiger partial charge on any atom is 0.270 e. The summed E-state index contributed by atoms with van der Waals surface area (Å²) in [5, 5.41) is 1.17. The molecule has 1 aromatic carbocycles. The van der Waals surface area contributed by atoms with Gasteiger partial charge in [-0.1, -0.05) is 12.5 Å². The van der Waals surface area contributed by atoms with Crippen molar-refractivity contribution in [3.63, 3.8) is 0 Å². The highest BCUT2D eigenvalue weighted by molar-refractivity contribution is 5.99. The van der Waals surface area contributed by atoms with Crippen molar-refractivity contribution in [2.75, 3.05) is 6.54 Å². The second-order valence-corrected chi connectivity index (χ2v) is 7.13. The summed E-state index contributed by atoms with van der Waals surface area (Å²) in [6, 6.07) is 6.84. The summed E-state index contributed by atoms with van der Waals surface area (Å²) in [7, 11) is 0. The van der Waals surface area contributed by atoms with E-state index in [-0.39, 0.29) is 5.91 Å². The van der Waals surface area contributed by atoms with Gasteiger partial charge in [0.15, 0.2) is 0 Å². The van der Waals surface area contributed by atoms with E-state index in [9.17, 15) is 4.79 Å². The lowest BCUT2D eigenvalue weighted by atomic mass is 9.79. The Labute approximate surface area is 131 Å². The molecule has 1 aliphatic heterocycles. The number of likely N-dealkylation sites (tertiary alicyclic amines) is 1. The molecule has 0 bridgehead atoms. The summed E-state index contributed by atoms with van der Waals surface area (Å²) in [5.74, 6) is 0.947. The summed E-state index contributed by atoms with van der Waals surface area (Å²) in [5.41, 5.74) is 4.32. The first kappa shape index (κ1) is 13.9. The molecule has 1 N–H and O–H groups in total. The second-order valence-electron chi connectivity index (χ2n) is 7.13. The van der Waals surface area contributed by atoms with Crippen LogP contribution in [-0.4, -0.2) is 28.4 Å². The average molecular weight is 296 g/mol. The molecule has 1 amide bonds. The van der Waals surface area contributed by atoms with Crippen molar-refractivity contribution in [2.45, 2.75) is 52.0 Å². The minimum absolute atomic E-state index is 0.197. The molecule has 1 saturated heterocycles. The Balaban J connectivity index is 1.66. The fourth-order valence-corrected chi connectivity index (χ4v) is 4.23. The number of fused-ring (bicyclic) bond motifs is 1. The number of aryl methyl sites for hydroxylation is 2. The van der Waals surface area contributed by atoms with E-state index >= 15 is 0 Å². The van der Waals surface area contributed by atoms with Crippen molar-refractivity contribution in [1.82, 2.24) is 9.88 Å². The van der Waals surface area contributed by atoms with Crippen LogP contribution < -0.4 is 0 Å². The molecule has 4 rings (SSSR count). The number of rotatable bonds is 2. The summed E-state index contributed by atoms with van der Waals surface area (Å²) in [6.45, 7) is 5.14. The summed E-state index contributed by atoms with van der Waals surface area (Å²) in [4.78, 5) is 18.5. The maximum atomic E-state index is 13.0. The molecule has 1 aromatic heterocycles. The summed E-state index contributed by atoms with van der Waals surface area (Å²) < 4.78 is 0. The van der Waals surface area contributed by atoms with Crippen LogP contribution in [0.3, 0.4) is 0 Å². The largest absolute Gasteiger partial charge is 0.351 e.